The third-order valence-electron chi connectivity index (χ3n) is 5.66. The number of nitrogens with one attached hydrogen (secondary N) is 1. The standard InChI is InChI=1S/C25H24ClNOS/c26-21-14-12-19(13-15-21)18-29-23-11-5-4-10-22(23)27-24(28)25(16-6-7-17-25)20-8-2-1-3-9-20/h1-5,8-15H,6-7,16-18H2,(H,27,28). The minimum atomic E-state index is -0.421. The third-order valence-corrected chi connectivity index (χ3v) is 7.06. The molecule has 1 fully saturated rings. The molecule has 0 atom stereocenters. The van der Waals surface area contributed by atoms with Crippen molar-refractivity contribution < 1.29 is 4.79 Å². The SMILES string of the molecule is O=C(Nc1ccccc1SCc1ccc(Cl)cc1)C1(c2ccccc2)CCCC1. The Hall–Kier alpha value is -2.23. The normalized spacial score (nSPS) is 15.2. The lowest BCUT2D eigenvalue weighted by molar-refractivity contribution is -0.121. The van der Waals surface area contributed by atoms with E-state index in [1.807, 2.05) is 60.7 Å². The van der Waals surface area contributed by atoms with E-state index in [4.69, 9.17) is 11.6 Å². The molecule has 148 valence electrons. The Morgan fingerprint density at radius 2 is 1.55 bits per heavy atom. The van der Waals surface area contributed by atoms with Crippen molar-refractivity contribution in [3.8, 4) is 0 Å². The Kier molecular flexibility index (Phi) is 6.27. The molecule has 1 N–H and O–H groups in total. The Morgan fingerprint density at radius 3 is 2.28 bits per heavy atom. The number of thioether (sulfide) groups is 1. The highest BCUT2D eigenvalue weighted by atomic mass is 35.5. The molecule has 4 rings (SSSR count). The fraction of sp³-hybridized carbons (Fsp3) is 0.240. The molecular weight excluding hydrogens is 398 g/mol. The fourth-order valence-corrected chi connectivity index (χ4v) is 5.15. The van der Waals surface area contributed by atoms with Crippen LogP contribution in [0.25, 0.3) is 0 Å². The van der Waals surface area contributed by atoms with E-state index in [0.29, 0.717) is 0 Å². The van der Waals surface area contributed by atoms with E-state index in [1.54, 1.807) is 11.8 Å². The van der Waals surface area contributed by atoms with Gasteiger partial charge in [-0.1, -0.05) is 79.0 Å². The number of rotatable bonds is 6. The Labute approximate surface area is 181 Å². The van der Waals surface area contributed by atoms with E-state index in [9.17, 15) is 4.79 Å². The number of hydrogen-bond acceptors (Lipinski definition) is 2. The van der Waals surface area contributed by atoms with Gasteiger partial charge in [0.25, 0.3) is 0 Å². The largest absolute Gasteiger partial charge is 0.324 e. The summed E-state index contributed by atoms with van der Waals surface area (Å²) in [6.07, 6.45) is 4.00. The molecule has 0 saturated heterocycles. The van der Waals surface area contributed by atoms with Crippen LogP contribution >= 0.6 is 23.4 Å². The van der Waals surface area contributed by atoms with Gasteiger partial charge in [0.15, 0.2) is 0 Å². The maximum Gasteiger partial charge on any atom is 0.235 e. The lowest BCUT2D eigenvalue weighted by atomic mass is 9.78. The highest BCUT2D eigenvalue weighted by molar-refractivity contribution is 7.98. The van der Waals surface area contributed by atoms with Gasteiger partial charge in [0.05, 0.1) is 11.1 Å². The maximum absolute atomic E-state index is 13.5. The van der Waals surface area contributed by atoms with Crippen molar-refractivity contribution in [3.05, 3.63) is 95.0 Å². The molecule has 2 nitrogen and oxygen atoms in total. The van der Waals surface area contributed by atoms with Crippen LogP contribution in [0.3, 0.4) is 0 Å². The lowest BCUT2D eigenvalue weighted by Crippen LogP contribution is -2.38. The van der Waals surface area contributed by atoms with Crippen LogP contribution in [0.1, 0.15) is 36.8 Å². The zero-order chi connectivity index (χ0) is 20.1. The van der Waals surface area contributed by atoms with Crippen LogP contribution in [0.5, 0.6) is 0 Å². The first-order valence-electron chi connectivity index (χ1n) is 10.0. The van der Waals surface area contributed by atoms with Crippen LogP contribution in [0, 0.1) is 0 Å². The van der Waals surface area contributed by atoms with Crippen LogP contribution < -0.4 is 5.32 Å². The molecule has 1 aliphatic carbocycles. The molecule has 0 radical (unpaired) electrons. The van der Waals surface area contributed by atoms with E-state index in [1.165, 1.54) is 5.56 Å². The van der Waals surface area contributed by atoms with Gasteiger partial charge in [0.1, 0.15) is 0 Å². The second-order valence-electron chi connectivity index (χ2n) is 7.52. The van der Waals surface area contributed by atoms with E-state index >= 15 is 0 Å². The summed E-state index contributed by atoms with van der Waals surface area (Å²) in [7, 11) is 0. The molecule has 1 aliphatic rings. The molecule has 0 aromatic heterocycles. The first-order valence-corrected chi connectivity index (χ1v) is 11.4. The number of halogens is 1. The molecule has 0 heterocycles. The van der Waals surface area contributed by atoms with Gasteiger partial charge >= 0.3 is 0 Å². The predicted octanol–water partition coefficient (Wildman–Crippen LogP) is 7.08. The highest BCUT2D eigenvalue weighted by Gasteiger charge is 2.42. The monoisotopic (exact) mass is 421 g/mol. The van der Waals surface area contributed by atoms with Gasteiger partial charge in [-0.3, -0.25) is 4.79 Å². The van der Waals surface area contributed by atoms with Crippen molar-refractivity contribution in [1.29, 1.82) is 0 Å². The van der Waals surface area contributed by atoms with Crippen LogP contribution in [-0.2, 0) is 16.0 Å². The predicted molar refractivity (Wildman–Crippen MR) is 123 cm³/mol. The van der Waals surface area contributed by atoms with E-state index in [2.05, 4.69) is 23.5 Å². The Bertz CT molecular complexity index is 966. The molecule has 0 aliphatic heterocycles. The smallest absolute Gasteiger partial charge is 0.235 e. The van der Waals surface area contributed by atoms with Crippen molar-refractivity contribution in [3.63, 3.8) is 0 Å². The van der Waals surface area contributed by atoms with Crippen molar-refractivity contribution in [1.82, 2.24) is 0 Å². The number of anilines is 1. The van der Waals surface area contributed by atoms with Crippen LogP contribution in [0.15, 0.2) is 83.8 Å². The Morgan fingerprint density at radius 1 is 0.897 bits per heavy atom. The number of carbonyl (C=O) groups excluding carboxylic acids is 1. The van der Waals surface area contributed by atoms with Gasteiger partial charge < -0.3 is 5.32 Å². The number of hydrogen-bond donors (Lipinski definition) is 1. The summed E-state index contributed by atoms with van der Waals surface area (Å²) in [6.45, 7) is 0. The zero-order valence-electron chi connectivity index (χ0n) is 16.2. The molecule has 3 aromatic rings. The molecule has 4 heteroatoms. The van der Waals surface area contributed by atoms with Crippen LogP contribution in [-0.4, -0.2) is 5.91 Å². The third kappa shape index (κ3) is 4.52. The summed E-state index contributed by atoms with van der Waals surface area (Å²) in [4.78, 5) is 14.5. The topological polar surface area (TPSA) is 29.1 Å². The second kappa shape index (κ2) is 9.06. The van der Waals surface area contributed by atoms with Crippen LogP contribution in [0.2, 0.25) is 5.02 Å². The summed E-state index contributed by atoms with van der Waals surface area (Å²) >= 11 is 7.71. The zero-order valence-corrected chi connectivity index (χ0v) is 17.8. The summed E-state index contributed by atoms with van der Waals surface area (Å²) in [5.41, 5.74) is 2.80. The maximum atomic E-state index is 13.5. The van der Waals surface area contributed by atoms with Crippen molar-refractivity contribution >= 4 is 35.0 Å². The molecule has 0 bridgehead atoms. The van der Waals surface area contributed by atoms with Gasteiger partial charge in [0, 0.05) is 15.7 Å². The van der Waals surface area contributed by atoms with E-state index in [0.717, 1.165) is 52.6 Å². The molecular formula is C25H24ClNOS. The number of carbonyl (C=O) groups is 1. The summed E-state index contributed by atoms with van der Waals surface area (Å²) in [5.74, 6) is 0.939. The summed E-state index contributed by atoms with van der Waals surface area (Å²) in [5, 5.41) is 4.00. The number of para-hydroxylation sites is 1. The fourth-order valence-electron chi connectivity index (χ4n) is 4.06. The summed E-state index contributed by atoms with van der Waals surface area (Å²) in [6, 6.07) is 26.2. The average Bonchev–Trinajstić information content (AvgIpc) is 3.26. The van der Waals surface area contributed by atoms with Gasteiger partial charge in [-0.05, 0) is 48.2 Å². The molecule has 1 saturated carbocycles. The van der Waals surface area contributed by atoms with Crippen LogP contribution in [0.4, 0.5) is 5.69 Å². The molecule has 0 unspecified atom stereocenters. The lowest BCUT2D eigenvalue weighted by Gasteiger charge is -2.28. The van der Waals surface area contributed by atoms with Crippen molar-refractivity contribution in [2.24, 2.45) is 0 Å². The molecule has 3 aromatic carbocycles. The quantitative estimate of drug-likeness (QED) is 0.430. The first-order chi connectivity index (χ1) is 14.2. The minimum Gasteiger partial charge on any atom is -0.324 e. The molecule has 1 amide bonds. The first kappa shape index (κ1) is 20.1. The minimum absolute atomic E-state index is 0.112. The van der Waals surface area contributed by atoms with E-state index in [-0.39, 0.29) is 5.91 Å². The van der Waals surface area contributed by atoms with Gasteiger partial charge in [-0.25, -0.2) is 0 Å². The number of benzene rings is 3. The number of amides is 1. The van der Waals surface area contributed by atoms with Gasteiger partial charge in [-0.15, -0.1) is 11.8 Å². The van der Waals surface area contributed by atoms with Crippen molar-refractivity contribution in [2.45, 2.75) is 41.7 Å². The summed E-state index contributed by atoms with van der Waals surface area (Å²) < 4.78 is 0. The van der Waals surface area contributed by atoms with Gasteiger partial charge in [-0.2, -0.15) is 0 Å². The molecule has 0 spiro atoms. The molecule has 29 heavy (non-hydrogen) atoms. The van der Waals surface area contributed by atoms with Gasteiger partial charge in [0.2, 0.25) is 5.91 Å². The highest BCUT2D eigenvalue weighted by Crippen LogP contribution is 2.42. The average molecular weight is 422 g/mol. The second-order valence-corrected chi connectivity index (χ2v) is 8.97. The van der Waals surface area contributed by atoms with Crippen molar-refractivity contribution in [2.75, 3.05) is 5.32 Å². The van der Waals surface area contributed by atoms with E-state index < -0.39 is 5.41 Å². The Balaban J connectivity index is 1.53.